The summed E-state index contributed by atoms with van der Waals surface area (Å²) in [5.74, 6) is 0.0432. The molecule has 0 fully saturated rings. The number of hydrogen-bond acceptors (Lipinski definition) is 3. The molecule has 0 saturated carbocycles. The summed E-state index contributed by atoms with van der Waals surface area (Å²) >= 11 is 1.60. The van der Waals surface area contributed by atoms with Gasteiger partial charge in [0.25, 0.3) is 0 Å². The summed E-state index contributed by atoms with van der Waals surface area (Å²) in [5, 5.41) is 3.82. The number of carbonyl (C=O) groups is 1. The molecule has 0 amide bonds. The first kappa shape index (κ1) is 11.4. The van der Waals surface area contributed by atoms with Gasteiger partial charge in [0, 0.05) is 56.1 Å². The van der Waals surface area contributed by atoms with Gasteiger partial charge in [-0.05, 0) is 12.1 Å². The topological polar surface area (TPSA) is 45.8 Å². The molecule has 20 heavy (non-hydrogen) atoms. The number of carbonyl (C=O) groups excluding carboxylic acids is 1. The number of aromatic amines is 1. The molecular weight excluding hydrogens is 268 g/mol. The van der Waals surface area contributed by atoms with Crippen LogP contribution in [-0.4, -0.2) is 15.8 Å². The number of ketones is 1. The standard InChI is InChI=1S/C16H10N2OS/c19-16(12-8-18-14-5-6-17-7-11(12)14)13-9-20-15-4-2-1-3-10(13)15/h1-9,18H. The van der Waals surface area contributed by atoms with E-state index in [4.69, 9.17) is 0 Å². The van der Waals surface area contributed by atoms with Gasteiger partial charge in [0.05, 0.1) is 0 Å². The van der Waals surface area contributed by atoms with Crippen LogP contribution in [0.15, 0.2) is 54.3 Å². The molecule has 0 radical (unpaired) electrons. The van der Waals surface area contributed by atoms with Gasteiger partial charge in [0.15, 0.2) is 5.78 Å². The molecular formula is C16H10N2OS. The lowest BCUT2D eigenvalue weighted by molar-refractivity contribution is 0.104. The highest BCUT2D eigenvalue weighted by Gasteiger charge is 2.17. The molecule has 1 aromatic carbocycles. The fourth-order valence-electron chi connectivity index (χ4n) is 2.45. The van der Waals surface area contributed by atoms with Gasteiger partial charge in [-0.15, -0.1) is 11.3 Å². The molecule has 0 saturated heterocycles. The largest absolute Gasteiger partial charge is 0.360 e. The van der Waals surface area contributed by atoms with E-state index in [-0.39, 0.29) is 5.78 Å². The van der Waals surface area contributed by atoms with E-state index in [2.05, 4.69) is 9.97 Å². The van der Waals surface area contributed by atoms with E-state index in [1.807, 2.05) is 35.7 Å². The average Bonchev–Trinajstić information content (AvgIpc) is 3.11. The number of benzene rings is 1. The van der Waals surface area contributed by atoms with Crippen LogP contribution >= 0.6 is 11.3 Å². The lowest BCUT2D eigenvalue weighted by Gasteiger charge is -1.98. The summed E-state index contributed by atoms with van der Waals surface area (Å²) in [6, 6.07) is 9.85. The van der Waals surface area contributed by atoms with Crippen molar-refractivity contribution in [1.29, 1.82) is 0 Å². The van der Waals surface area contributed by atoms with Crippen molar-refractivity contribution in [2.45, 2.75) is 0 Å². The van der Waals surface area contributed by atoms with Crippen LogP contribution in [0.1, 0.15) is 15.9 Å². The highest BCUT2D eigenvalue weighted by Crippen LogP contribution is 2.29. The molecule has 0 aliphatic rings. The maximum atomic E-state index is 12.8. The van der Waals surface area contributed by atoms with E-state index in [1.54, 1.807) is 29.9 Å². The number of hydrogen-bond donors (Lipinski definition) is 1. The molecule has 3 nitrogen and oxygen atoms in total. The summed E-state index contributed by atoms with van der Waals surface area (Å²) in [6.07, 6.45) is 5.21. The van der Waals surface area contributed by atoms with Crippen molar-refractivity contribution in [2.75, 3.05) is 0 Å². The average molecular weight is 278 g/mol. The third-order valence-electron chi connectivity index (χ3n) is 3.45. The molecule has 4 aromatic rings. The van der Waals surface area contributed by atoms with Gasteiger partial charge in [-0.3, -0.25) is 9.78 Å². The zero-order valence-corrected chi connectivity index (χ0v) is 11.3. The van der Waals surface area contributed by atoms with Crippen molar-refractivity contribution < 1.29 is 4.79 Å². The van der Waals surface area contributed by atoms with Crippen molar-refractivity contribution in [1.82, 2.24) is 9.97 Å². The highest BCUT2D eigenvalue weighted by atomic mass is 32.1. The summed E-state index contributed by atoms with van der Waals surface area (Å²) in [7, 11) is 0. The zero-order valence-electron chi connectivity index (χ0n) is 10.5. The van der Waals surface area contributed by atoms with E-state index in [0.29, 0.717) is 5.56 Å². The summed E-state index contributed by atoms with van der Waals surface area (Å²) < 4.78 is 1.13. The number of thiophene rings is 1. The number of rotatable bonds is 2. The minimum absolute atomic E-state index is 0.0432. The normalized spacial score (nSPS) is 11.2. The molecule has 0 atom stereocenters. The fourth-order valence-corrected chi connectivity index (χ4v) is 3.39. The highest BCUT2D eigenvalue weighted by molar-refractivity contribution is 7.17. The third kappa shape index (κ3) is 1.58. The smallest absolute Gasteiger partial charge is 0.196 e. The van der Waals surface area contributed by atoms with Gasteiger partial charge in [-0.25, -0.2) is 0 Å². The fraction of sp³-hybridized carbons (Fsp3) is 0. The van der Waals surface area contributed by atoms with Gasteiger partial charge in [0.1, 0.15) is 0 Å². The van der Waals surface area contributed by atoms with Crippen molar-refractivity contribution in [2.24, 2.45) is 0 Å². The lowest BCUT2D eigenvalue weighted by Crippen LogP contribution is -1.99. The number of fused-ring (bicyclic) bond motifs is 2. The Labute approximate surface area is 118 Å². The number of pyridine rings is 1. The quantitative estimate of drug-likeness (QED) is 0.563. The Kier molecular flexibility index (Phi) is 2.44. The Hall–Kier alpha value is -2.46. The molecule has 0 spiro atoms. The zero-order chi connectivity index (χ0) is 13.5. The summed E-state index contributed by atoms with van der Waals surface area (Å²) in [4.78, 5) is 20.0. The molecule has 0 aliphatic heterocycles. The maximum absolute atomic E-state index is 12.8. The number of aromatic nitrogens is 2. The van der Waals surface area contributed by atoms with Crippen LogP contribution in [0.25, 0.3) is 21.0 Å². The number of H-pyrrole nitrogens is 1. The predicted molar refractivity (Wildman–Crippen MR) is 81.4 cm³/mol. The molecule has 0 bridgehead atoms. The van der Waals surface area contributed by atoms with Gasteiger partial charge < -0.3 is 4.98 Å². The Morgan fingerprint density at radius 3 is 2.95 bits per heavy atom. The lowest BCUT2D eigenvalue weighted by atomic mass is 10.0. The van der Waals surface area contributed by atoms with Gasteiger partial charge in [-0.1, -0.05) is 18.2 Å². The number of nitrogens with zero attached hydrogens (tertiary/aromatic N) is 1. The first-order valence-electron chi connectivity index (χ1n) is 6.26. The second-order valence-electron chi connectivity index (χ2n) is 4.60. The molecule has 0 aliphatic carbocycles. The first-order chi connectivity index (χ1) is 9.84. The van der Waals surface area contributed by atoms with Crippen molar-refractivity contribution in [3.05, 3.63) is 65.4 Å². The number of nitrogens with one attached hydrogen (secondary N) is 1. The first-order valence-corrected chi connectivity index (χ1v) is 7.14. The maximum Gasteiger partial charge on any atom is 0.196 e. The second kappa shape index (κ2) is 4.28. The molecule has 4 rings (SSSR count). The monoisotopic (exact) mass is 278 g/mol. The Morgan fingerprint density at radius 2 is 2.00 bits per heavy atom. The molecule has 1 N–H and O–H groups in total. The van der Waals surface area contributed by atoms with Crippen LogP contribution in [0, 0.1) is 0 Å². The van der Waals surface area contributed by atoms with E-state index in [1.165, 1.54) is 0 Å². The minimum Gasteiger partial charge on any atom is -0.360 e. The predicted octanol–water partition coefficient (Wildman–Crippen LogP) is 4.01. The Morgan fingerprint density at radius 1 is 1.10 bits per heavy atom. The molecule has 0 unspecified atom stereocenters. The summed E-state index contributed by atoms with van der Waals surface area (Å²) in [6.45, 7) is 0. The SMILES string of the molecule is O=C(c1c[nH]c2ccncc12)c1csc2ccccc12. The van der Waals surface area contributed by atoms with Crippen LogP contribution in [0.3, 0.4) is 0 Å². The molecule has 3 heterocycles. The van der Waals surface area contributed by atoms with Crippen LogP contribution < -0.4 is 0 Å². The van der Waals surface area contributed by atoms with Crippen molar-refractivity contribution in [3.63, 3.8) is 0 Å². The van der Waals surface area contributed by atoms with E-state index in [9.17, 15) is 4.79 Å². The third-order valence-corrected chi connectivity index (χ3v) is 4.42. The molecule has 3 aromatic heterocycles. The van der Waals surface area contributed by atoms with E-state index in [0.717, 1.165) is 26.6 Å². The van der Waals surface area contributed by atoms with Crippen molar-refractivity contribution >= 4 is 38.1 Å². The van der Waals surface area contributed by atoms with Gasteiger partial charge >= 0.3 is 0 Å². The van der Waals surface area contributed by atoms with Crippen molar-refractivity contribution in [3.8, 4) is 0 Å². The van der Waals surface area contributed by atoms with Crippen LogP contribution in [0.2, 0.25) is 0 Å². The molecule has 96 valence electrons. The van der Waals surface area contributed by atoms with E-state index < -0.39 is 0 Å². The summed E-state index contributed by atoms with van der Waals surface area (Å²) in [5.41, 5.74) is 2.37. The van der Waals surface area contributed by atoms with Crippen LogP contribution in [-0.2, 0) is 0 Å². The van der Waals surface area contributed by atoms with E-state index >= 15 is 0 Å². The van der Waals surface area contributed by atoms with Gasteiger partial charge in [0.2, 0.25) is 0 Å². The van der Waals surface area contributed by atoms with Crippen LogP contribution in [0.4, 0.5) is 0 Å². The molecule has 4 heteroatoms. The minimum atomic E-state index is 0.0432. The van der Waals surface area contributed by atoms with Crippen LogP contribution in [0.5, 0.6) is 0 Å². The Bertz CT molecular complexity index is 860. The Balaban J connectivity index is 1.92. The van der Waals surface area contributed by atoms with Gasteiger partial charge in [-0.2, -0.15) is 0 Å². The second-order valence-corrected chi connectivity index (χ2v) is 5.51.